The lowest BCUT2D eigenvalue weighted by Crippen LogP contribution is -2.45. The Morgan fingerprint density at radius 1 is 1.00 bits per heavy atom. The van der Waals surface area contributed by atoms with Gasteiger partial charge in [0.15, 0.2) is 0 Å². The minimum absolute atomic E-state index is 0.0919. The van der Waals surface area contributed by atoms with Crippen molar-refractivity contribution in [1.29, 1.82) is 0 Å². The van der Waals surface area contributed by atoms with Gasteiger partial charge in [0, 0.05) is 19.6 Å². The van der Waals surface area contributed by atoms with E-state index in [1.54, 1.807) is 12.1 Å². The van der Waals surface area contributed by atoms with Gasteiger partial charge >= 0.3 is 0 Å². The summed E-state index contributed by atoms with van der Waals surface area (Å²) in [6, 6.07) is 15.1. The van der Waals surface area contributed by atoms with Crippen LogP contribution in [-0.2, 0) is 27.2 Å². The second-order valence-electron chi connectivity index (χ2n) is 9.69. The monoisotopic (exact) mass is 436 g/mol. The van der Waals surface area contributed by atoms with Crippen LogP contribution in [-0.4, -0.2) is 37.0 Å². The number of nitrogens with zero attached hydrogens (tertiary/aromatic N) is 1. The maximum atomic E-state index is 13.4. The largest absolute Gasteiger partial charge is 0.365 e. The zero-order valence-corrected chi connectivity index (χ0v) is 18.7. The van der Waals surface area contributed by atoms with Crippen LogP contribution in [0.2, 0.25) is 0 Å². The van der Waals surface area contributed by atoms with Crippen molar-refractivity contribution in [3.05, 3.63) is 71.0 Å². The van der Waals surface area contributed by atoms with E-state index >= 15 is 0 Å². The lowest BCUT2D eigenvalue weighted by Gasteiger charge is -2.39. The molecule has 0 radical (unpaired) electrons. The van der Waals surface area contributed by atoms with E-state index in [1.165, 1.54) is 23.3 Å². The van der Waals surface area contributed by atoms with Gasteiger partial charge in [0.05, 0.1) is 17.6 Å². The second kappa shape index (κ2) is 8.95. The third kappa shape index (κ3) is 3.97. The van der Waals surface area contributed by atoms with E-state index in [0.717, 1.165) is 76.8 Å². The first-order valence-electron chi connectivity index (χ1n) is 12.1. The molecule has 0 atom stereocenters. The number of likely N-dealkylation sites (tertiary alicyclic amines) is 1. The van der Waals surface area contributed by atoms with Gasteiger partial charge in [-0.2, -0.15) is 0 Å². The Hall–Kier alpha value is -2.24. The van der Waals surface area contributed by atoms with Crippen molar-refractivity contribution in [2.24, 2.45) is 0 Å². The third-order valence-electron chi connectivity index (χ3n) is 7.90. The maximum absolute atomic E-state index is 13.4. The van der Waals surface area contributed by atoms with Crippen LogP contribution in [0.15, 0.2) is 48.5 Å². The van der Waals surface area contributed by atoms with E-state index in [1.807, 2.05) is 0 Å². The standard InChI is InChI=1S/C27H33FN2O2/c28-23-10-8-22(9-11-23)26(12-3-4-13-26)25(31)29-16-5-17-30-18-14-27(15-19-30)24-7-2-1-6-21(24)20-32-27/h1-2,6-11H,3-5,12-20H2,(H,29,31). The number of hydrogen-bond donors (Lipinski definition) is 1. The summed E-state index contributed by atoms with van der Waals surface area (Å²) in [5.74, 6) is -0.146. The zero-order chi connectivity index (χ0) is 22.0. The molecule has 1 spiro atoms. The number of nitrogens with one attached hydrogen (secondary N) is 1. The minimum Gasteiger partial charge on any atom is -0.365 e. The van der Waals surface area contributed by atoms with Crippen LogP contribution in [0.25, 0.3) is 0 Å². The molecule has 2 heterocycles. The van der Waals surface area contributed by atoms with Crippen molar-refractivity contribution in [2.45, 2.75) is 62.6 Å². The number of halogens is 1. The molecule has 2 aliphatic heterocycles. The molecule has 2 aromatic carbocycles. The first-order valence-corrected chi connectivity index (χ1v) is 12.1. The van der Waals surface area contributed by atoms with E-state index in [9.17, 15) is 9.18 Å². The highest BCUT2D eigenvalue weighted by molar-refractivity contribution is 5.88. The molecular formula is C27H33FN2O2. The van der Waals surface area contributed by atoms with Crippen LogP contribution in [0.4, 0.5) is 4.39 Å². The van der Waals surface area contributed by atoms with Crippen LogP contribution in [0, 0.1) is 5.82 Å². The first kappa shape index (κ1) is 21.6. The van der Waals surface area contributed by atoms with Crippen molar-refractivity contribution in [1.82, 2.24) is 10.2 Å². The second-order valence-corrected chi connectivity index (χ2v) is 9.69. The number of carbonyl (C=O) groups excluding carboxylic acids is 1. The summed E-state index contributed by atoms with van der Waals surface area (Å²) in [5, 5.41) is 3.20. The van der Waals surface area contributed by atoms with Gasteiger partial charge in [-0.1, -0.05) is 49.2 Å². The highest BCUT2D eigenvalue weighted by atomic mass is 19.1. The third-order valence-corrected chi connectivity index (χ3v) is 7.90. The summed E-state index contributed by atoms with van der Waals surface area (Å²) < 4.78 is 19.6. The quantitative estimate of drug-likeness (QED) is 0.670. The Labute approximate surface area is 190 Å². The zero-order valence-electron chi connectivity index (χ0n) is 18.7. The maximum Gasteiger partial charge on any atom is 0.230 e. The average molecular weight is 437 g/mol. The predicted octanol–water partition coefficient (Wildman–Crippen LogP) is 4.67. The summed E-state index contributed by atoms with van der Waals surface area (Å²) in [6.07, 6.45) is 6.79. The Morgan fingerprint density at radius 3 is 2.47 bits per heavy atom. The van der Waals surface area contributed by atoms with Crippen LogP contribution in [0.1, 0.15) is 61.6 Å². The van der Waals surface area contributed by atoms with Gasteiger partial charge in [-0.05, 0) is 67.5 Å². The van der Waals surface area contributed by atoms with Crippen molar-refractivity contribution >= 4 is 5.91 Å². The van der Waals surface area contributed by atoms with Gasteiger partial charge in [0.25, 0.3) is 0 Å². The van der Waals surface area contributed by atoms with Crippen LogP contribution < -0.4 is 5.32 Å². The molecule has 0 aromatic heterocycles. The minimum atomic E-state index is -0.488. The molecule has 1 saturated carbocycles. The molecular weight excluding hydrogens is 403 g/mol. The summed E-state index contributed by atoms with van der Waals surface area (Å²) in [7, 11) is 0. The van der Waals surface area contributed by atoms with Gasteiger partial charge in [-0.25, -0.2) is 4.39 Å². The molecule has 3 aliphatic rings. The molecule has 0 bridgehead atoms. The van der Waals surface area contributed by atoms with Crippen molar-refractivity contribution in [3.8, 4) is 0 Å². The molecule has 5 heteroatoms. The number of benzene rings is 2. The SMILES string of the molecule is O=C(NCCCN1CCC2(CC1)OCc1ccccc12)C1(c2ccc(F)cc2)CCCC1. The number of amides is 1. The van der Waals surface area contributed by atoms with Crippen LogP contribution in [0.5, 0.6) is 0 Å². The fourth-order valence-corrected chi connectivity index (χ4v) is 6.00. The molecule has 2 aromatic rings. The molecule has 1 saturated heterocycles. The highest BCUT2D eigenvalue weighted by Crippen LogP contribution is 2.44. The number of hydrogen-bond acceptors (Lipinski definition) is 3. The highest BCUT2D eigenvalue weighted by Gasteiger charge is 2.43. The normalized spacial score (nSPS) is 21.5. The van der Waals surface area contributed by atoms with E-state index in [2.05, 4.69) is 34.5 Å². The predicted molar refractivity (Wildman–Crippen MR) is 123 cm³/mol. The summed E-state index contributed by atoms with van der Waals surface area (Å²) >= 11 is 0. The van der Waals surface area contributed by atoms with E-state index < -0.39 is 5.41 Å². The lowest BCUT2D eigenvalue weighted by molar-refractivity contribution is -0.126. The van der Waals surface area contributed by atoms with Crippen molar-refractivity contribution < 1.29 is 13.9 Å². The topological polar surface area (TPSA) is 41.6 Å². The number of carbonyl (C=O) groups is 1. The van der Waals surface area contributed by atoms with Gasteiger partial charge < -0.3 is 15.0 Å². The molecule has 2 fully saturated rings. The molecule has 0 unspecified atom stereocenters. The first-order chi connectivity index (χ1) is 15.6. The lowest BCUT2D eigenvalue weighted by atomic mass is 9.78. The van der Waals surface area contributed by atoms with Crippen LogP contribution >= 0.6 is 0 Å². The number of piperidine rings is 1. The van der Waals surface area contributed by atoms with Gasteiger partial charge in [-0.3, -0.25) is 4.79 Å². The summed E-state index contributed by atoms with van der Waals surface area (Å²) in [4.78, 5) is 15.6. The molecule has 32 heavy (non-hydrogen) atoms. The van der Waals surface area contributed by atoms with E-state index in [0.29, 0.717) is 6.54 Å². The van der Waals surface area contributed by atoms with Crippen molar-refractivity contribution in [3.63, 3.8) is 0 Å². The molecule has 5 rings (SSSR count). The summed E-state index contributed by atoms with van der Waals surface area (Å²) in [5.41, 5.74) is 3.09. The summed E-state index contributed by atoms with van der Waals surface area (Å²) in [6.45, 7) is 4.46. The Kier molecular flexibility index (Phi) is 6.04. The van der Waals surface area contributed by atoms with E-state index in [4.69, 9.17) is 4.74 Å². The van der Waals surface area contributed by atoms with Crippen LogP contribution in [0.3, 0.4) is 0 Å². The number of rotatable bonds is 6. The fraction of sp³-hybridized carbons (Fsp3) is 0.519. The van der Waals surface area contributed by atoms with Gasteiger partial charge in [-0.15, -0.1) is 0 Å². The number of ether oxygens (including phenoxy) is 1. The number of fused-ring (bicyclic) bond motifs is 2. The smallest absolute Gasteiger partial charge is 0.230 e. The molecule has 1 aliphatic carbocycles. The Balaban J connectivity index is 1.10. The Bertz CT molecular complexity index is 944. The molecule has 170 valence electrons. The Morgan fingerprint density at radius 2 is 1.72 bits per heavy atom. The molecule has 1 N–H and O–H groups in total. The molecule has 1 amide bonds. The van der Waals surface area contributed by atoms with E-state index in [-0.39, 0.29) is 17.3 Å². The van der Waals surface area contributed by atoms with Crippen molar-refractivity contribution in [2.75, 3.05) is 26.2 Å². The van der Waals surface area contributed by atoms with Gasteiger partial charge in [0.2, 0.25) is 5.91 Å². The molecule has 4 nitrogen and oxygen atoms in total. The van der Waals surface area contributed by atoms with Gasteiger partial charge in [0.1, 0.15) is 5.82 Å². The average Bonchev–Trinajstić information content (AvgIpc) is 3.46. The fourth-order valence-electron chi connectivity index (χ4n) is 6.00.